The van der Waals surface area contributed by atoms with Crippen molar-refractivity contribution >= 4 is 29.2 Å². The summed E-state index contributed by atoms with van der Waals surface area (Å²) in [4.78, 5) is 24.5. The molecule has 0 aliphatic heterocycles. The molecular formula is C19H15ClF2N4O3. The molecular weight excluding hydrogens is 406 g/mol. The first-order valence-electron chi connectivity index (χ1n) is 8.30. The number of nitrogens with one attached hydrogen (secondary N) is 3. The number of hydrogen-bond donors (Lipinski definition) is 3. The Labute approximate surface area is 169 Å². The van der Waals surface area contributed by atoms with E-state index in [9.17, 15) is 18.4 Å². The van der Waals surface area contributed by atoms with Gasteiger partial charge in [-0.3, -0.25) is 14.7 Å². The molecule has 150 valence electrons. The lowest BCUT2D eigenvalue weighted by Crippen LogP contribution is -2.23. The zero-order valence-electron chi connectivity index (χ0n) is 15.1. The number of benzene rings is 2. The fourth-order valence-electron chi connectivity index (χ4n) is 2.50. The molecule has 3 N–H and O–H groups in total. The third kappa shape index (κ3) is 4.69. The van der Waals surface area contributed by atoms with Gasteiger partial charge in [0.25, 0.3) is 11.8 Å². The predicted molar refractivity (Wildman–Crippen MR) is 102 cm³/mol. The van der Waals surface area contributed by atoms with Crippen LogP contribution >= 0.6 is 11.6 Å². The van der Waals surface area contributed by atoms with Crippen LogP contribution in [0.1, 0.15) is 26.4 Å². The zero-order chi connectivity index (χ0) is 21.0. The highest BCUT2D eigenvalue weighted by atomic mass is 35.5. The lowest BCUT2D eigenvalue weighted by atomic mass is 10.2. The number of H-pyrrole nitrogens is 1. The summed E-state index contributed by atoms with van der Waals surface area (Å²) < 4.78 is 31.7. The van der Waals surface area contributed by atoms with Gasteiger partial charge in [0.15, 0.2) is 17.3 Å². The third-order valence-corrected chi connectivity index (χ3v) is 4.26. The van der Waals surface area contributed by atoms with Crippen molar-refractivity contribution < 1.29 is 23.1 Å². The number of carbonyl (C=O) groups is 2. The number of para-hydroxylation sites is 1. The van der Waals surface area contributed by atoms with E-state index in [1.165, 1.54) is 13.2 Å². The molecule has 1 aromatic heterocycles. The molecule has 2 amide bonds. The Bertz CT molecular complexity index is 1070. The Hall–Kier alpha value is -3.46. The molecule has 3 aromatic rings. The lowest BCUT2D eigenvalue weighted by Gasteiger charge is -2.08. The topological polar surface area (TPSA) is 96.1 Å². The molecule has 0 bridgehead atoms. The van der Waals surface area contributed by atoms with Crippen LogP contribution in [0.15, 0.2) is 42.5 Å². The number of rotatable bonds is 6. The van der Waals surface area contributed by atoms with Crippen LogP contribution < -0.4 is 15.4 Å². The molecule has 0 saturated carbocycles. The lowest BCUT2D eigenvalue weighted by molar-refractivity contribution is 0.0944. The quantitative estimate of drug-likeness (QED) is 0.531. The first-order valence-corrected chi connectivity index (χ1v) is 8.68. The van der Waals surface area contributed by atoms with Gasteiger partial charge in [0.1, 0.15) is 11.6 Å². The van der Waals surface area contributed by atoms with Crippen molar-refractivity contribution in [2.75, 3.05) is 12.4 Å². The number of halogens is 3. The number of nitrogens with zero attached hydrogens (tertiary/aromatic N) is 1. The summed E-state index contributed by atoms with van der Waals surface area (Å²) in [6.07, 6.45) is 0. The van der Waals surface area contributed by atoms with Gasteiger partial charge >= 0.3 is 0 Å². The summed E-state index contributed by atoms with van der Waals surface area (Å²) in [6, 6.07) is 9.89. The maximum Gasteiger partial charge on any atom is 0.272 e. The summed E-state index contributed by atoms with van der Waals surface area (Å²) in [6.45, 7) is 0.210. The molecule has 0 spiro atoms. The number of aromatic amines is 1. The summed E-state index contributed by atoms with van der Waals surface area (Å²) >= 11 is 5.77. The molecule has 0 fully saturated rings. The minimum atomic E-state index is -1.21. The van der Waals surface area contributed by atoms with E-state index in [1.54, 1.807) is 12.1 Å². The largest absolute Gasteiger partial charge is 0.496 e. The Kier molecular flexibility index (Phi) is 6.08. The molecule has 0 aliphatic carbocycles. The molecule has 10 heteroatoms. The molecule has 0 radical (unpaired) electrons. The van der Waals surface area contributed by atoms with Crippen molar-refractivity contribution in [3.8, 4) is 5.75 Å². The minimum absolute atomic E-state index is 0.0200. The number of carbonyl (C=O) groups excluding carboxylic acids is 2. The molecule has 2 aromatic carbocycles. The SMILES string of the molecule is COc1ccccc1CNC(=O)c1cc(NC(=O)c2cc(F)c(F)cc2Cl)[nH]n1. The predicted octanol–water partition coefficient (Wildman–Crippen LogP) is 3.53. The zero-order valence-corrected chi connectivity index (χ0v) is 15.8. The fraction of sp³-hybridized carbons (Fsp3) is 0.105. The van der Waals surface area contributed by atoms with Gasteiger partial charge in [-0.1, -0.05) is 29.8 Å². The maximum atomic E-state index is 13.4. The minimum Gasteiger partial charge on any atom is -0.496 e. The van der Waals surface area contributed by atoms with Crippen molar-refractivity contribution in [2.24, 2.45) is 0 Å². The highest BCUT2D eigenvalue weighted by molar-refractivity contribution is 6.34. The Morgan fingerprint density at radius 1 is 1.14 bits per heavy atom. The summed E-state index contributed by atoms with van der Waals surface area (Å²) in [5, 5.41) is 11.1. The van der Waals surface area contributed by atoms with Gasteiger partial charge in [-0.2, -0.15) is 5.10 Å². The fourth-order valence-corrected chi connectivity index (χ4v) is 2.74. The molecule has 0 unspecified atom stereocenters. The Balaban J connectivity index is 1.65. The Morgan fingerprint density at radius 2 is 1.86 bits per heavy atom. The van der Waals surface area contributed by atoms with E-state index in [4.69, 9.17) is 16.3 Å². The van der Waals surface area contributed by atoms with Crippen LogP contribution in [0.3, 0.4) is 0 Å². The van der Waals surface area contributed by atoms with Crippen molar-refractivity contribution in [2.45, 2.75) is 6.54 Å². The van der Waals surface area contributed by atoms with E-state index in [-0.39, 0.29) is 28.6 Å². The molecule has 0 saturated heterocycles. The van der Waals surface area contributed by atoms with Gasteiger partial charge in [-0.05, 0) is 18.2 Å². The van der Waals surface area contributed by atoms with E-state index < -0.39 is 23.4 Å². The van der Waals surface area contributed by atoms with E-state index in [0.717, 1.165) is 5.56 Å². The van der Waals surface area contributed by atoms with Gasteiger partial charge in [0.05, 0.1) is 17.7 Å². The van der Waals surface area contributed by atoms with E-state index >= 15 is 0 Å². The van der Waals surface area contributed by atoms with Crippen LogP contribution in [0.4, 0.5) is 14.6 Å². The number of aromatic nitrogens is 2. The average molecular weight is 421 g/mol. The van der Waals surface area contributed by atoms with Crippen molar-refractivity contribution in [1.29, 1.82) is 0 Å². The number of methoxy groups -OCH3 is 1. The van der Waals surface area contributed by atoms with Crippen LogP contribution in [-0.4, -0.2) is 29.1 Å². The van der Waals surface area contributed by atoms with Gasteiger partial charge in [0, 0.05) is 18.2 Å². The summed E-state index contributed by atoms with van der Waals surface area (Å²) in [5.41, 5.74) is 0.536. The third-order valence-electron chi connectivity index (χ3n) is 3.95. The van der Waals surface area contributed by atoms with Crippen molar-refractivity contribution in [3.05, 3.63) is 75.9 Å². The van der Waals surface area contributed by atoms with Crippen LogP contribution in [0.25, 0.3) is 0 Å². The van der Waals surface area contributed by atoms with Gasteiger partial charge in [-0.25, -0.2) is 8.78 Å². The standard InChI is InChI=1S/C19H15ClF2N4O3/c1-29-16-5-3-2-4-10(16)9-23-19(28)15-8-17(26-25-15)24-18(27)11-6-13(21)14(22)7-12(11)20/h2-8H,9H2,1H3,(H,23,28)(H2,24,25,26,27). The van der Waals surface area contributed by atoms with E-state index in [1.807, 2.05) is 12.1 Å². The van der Waals surface area contributed by atoms with Gasteiger partial charge in [0.2, 0.25) is 0 Å². The maximum absolute atomic E-state index is 13.4. The number of hydrogen-bond acceptors (Lipinski definition) is 4. The van der Waals surface area contributed by atoms with Crippen LogP contribution in [0.2, 0.25) is 5.02 Å². The number of ether oxygens (including phenoxy) is 1. The average Bonchev–Trinajstić information content (AvgIpc) is 3.17. The smallest absolute Gasteiger partial charge is 0.272 e. The van der Waals surface area contributed by atoms with E-state index in [0.29, 0.717) is 17.9 Å². The van der Waals surface area contributed by atoms with Crippen LogP contribution in [0.5, 0.6) is 5.75 Å². The van der Waals surface area contributed by atoms with Crippen LogP contribution in [-0.2, 0) is 6.54 Å². The highest BCUT2D eigenvalue weighted by Gasteiger charge is 2.17. The monoisotopic (exact) mass is 420 g/mol. The summed E-state index contributed by atoms with van der Waals surface area (Å²) in [7, 11) is 1.53. The first-order chi connectivity index (χ1) is 13.9. The van der Waals surface area contributed by atoms with Gasteiger partial charge in [-0.15, -0.1) is 0 Å². The number of anilines is 1. The molecule has 7 nitrogen and oxygen atoms in total. The number of amides is 2. The molecule has 29 heavy (non-hydrogen) atoms. The molecule has 0 aliphatic rings. The van der Waals surface area contributed by atoms with Gasteiger partial charge < -0.3 is 15.4 Å². The molecule has 0 atom stereocenters. The van der Waals surface area contributed by atoms with Crippen molar-refractivity contribution in [1.82, 2.24) is 15.5 Å². The normalized spacial score (nSPS) is 10.5. The van der Waals surface area contributed by atoms with Crippen LogP contribution in [0, 0.1) is 11.6 Å². The second kappa shape index (κ2) is 8.70. The molecule has 3 rings (SSSR count). The first kappa shape index (κ1) is 20.3. The second-order valence-corrected chi connectivity index (χ2v) is 6.27. The second-order valence-electron chi connectivity index (χ2n) is 5.86. The Morgan fingerprint density at radius 3 is 2.62 bits per heavy atom. The molecule has 1 heterocycles. The van der Waals surface area contributed by atoms with E-state index in [2.05, 4.69) is 20.8 Å². The highest BCUT2D eigenvalue weighted by Crippen LogP contribution is 2.21. The van der Waals surface area contributed by atoms with Crippen molar-refractivity contribution in [3.63, 3.8) is 0 Å². The summed E-state index contributed by atoms with van der Waals surface area (Å²) in [5.74, 6) is -2.94.